The molecule has 1 aliphatic rings. The minimum absolute atomic E-state index is 0.0447. The summed E-state index contributed by atoms with van der Waals surface area (Å²) < 4.78 is 15.6. The standard InChI is InChI=1S/C33H41N7O4/c1-4-40-28(21-25(2)36-40)33(42)39-15-6-5-14-37(31(41)22-26-9-7-12-34-24-26)16-8-20-44-30-23-27(10-11-29(30)43-3)32-35-13-17-38(32)18-19-39/h7,9-13,17,21,23-24H,4-6,8,14-16,18-20,22H2,1-3H3. The lowest BCUT2D eigenvalue weighted by Crippen LogP contribution is -2.37. The summed E-state index contributed by atoms with van der Waals surface area (Å²) in [6.45, 7) is 7.72. The van der Waals surface area contributed by atoms with Gasteiger partial charge in [0.15, 0.2) is 11.5 Å². The van der Waals surface area contributed by atoms with E-state index in [9.17, 15) is 9.59 Å². The molecule has 0 aliphatic carbocycles. The van der Waals surface area contributed by atoms with E-state index in [4.69, 9.17) is 9.47 Å². The van der Waals surface area contributed by atoms with E-state index in [2.05, 4.69) is 19.6 Å². The molecule has 44 heavy (non-hydrogen) atoms. The van der Waals surface area contributed by atoms with Crippen LogP contribution in [0, 0.1) is 6.92 Å². The number of carbonyl (C=O) groups excluding carboxylic acids is 2. The van der Waals surface area contributed by atoms with Gasteiger partial charge in [0.25, 0.3) is 5.91 Å². The summed E-state index contributed by atoms with van der Waals surface area (Å²) in [6.07, 6.45) is 9.62. The van der Waals surface area contributed by atoms with Crippen molar-refractivity contribution < 1.29 is 19.1 Å². The second kappa shape index (κ2) is 14.7. The molecule has 0 N–H and O–H groups in total. The first-order valence-electron chi connectivity index (χ1n) is 15.3. The first-order chi connectivity index (χ1) is 21.5. The number of aryl methyl sites for hydroxylation is 2. The minimum atomic E-state index is -0.0447. The zero-order valence-corrected chi connectivity index (χ0v) is 25.8. The van der Waals surface area contributed by atoms with Crippen molar-refractivity contribution in [3.63, 3.8) is 0 Å². The maximum absolute atomic E-state index is 13.9. The predicted octanol–water partition coefficient (Wildman–Crippen LogP) is 4.25. The number of rotatable bonds is 5. The summed E-state index contributed by atoms with van der Waals surface area (Å²) in [5.74, 6) is 2.05. The Morgan fingerprint density at radius 2 is 1.80 bits per heavy atom. The van der Waals surface area contributed by atoms with Crippen LogP contribution in [0.15, 0.2) is 61.2 Å². The van der Waals surface area contributed by atoms with Crippen molar-refractivity contribution in [3.05, 3.63) is 78.1 Å². The number of nitrogens with zero attached hydrogens (tertiary/aromatic N) is 7. The predicted molar refractivity (Wildman–Crippen MR) is 167 cm³/mol. The highest BCUT2D eigenvalue weighted by atomic mass is 16.5. The van der Waals surface area contributed by atoms with E-state index in [0.717, 1.165) is 35.5 Å². The van der Waals surface area contributed by atoms with Crippen LogP contribution in [0.25, 0.3) is 11.4 Å². The molecule has 232 valence electrons. The van der Waals surface area contributed by atoms with Crippen LogP contribution in [0.2, 0.25) is 0 Å². The molecule has 2 bridgehead atoms. The molecular formula is C33H41N7O4. The van der Waals surface area contributed by atoms with Gasteiger partial charge in [-0.25, -0.2) is 4.98 Å². The van der Waals surface area contributed by atoms with Gasteiger partial charge in [0.05, 0.1) is 25.8 Å². The Morgan fingerprint density at radius 3 is 2.57 bits per heavy atom. The number of hydrogen-bond donors (Lipinski definition) is 0. The van der Waals surface area contributed by atoms with Crippen molar-refractivity contribution in [2.45, 2.75) is 52.6 Å². The largest absolute Gasteiger partial charge is 0.493 e. The SMILES string of the molecule is CCn1nc(C)cc1C(=O)N1CCCCN(C(=O)Cc2cccnc2)CCCOc2cc(ccc2OC)-c2nccn2CC1. The lowest BCUT2D eigenvalue weighted by molar-refractivity contribution is -0.130. The van der Waals surface area contributed by atoms with Crippen LogP contribution in [0.5, 0.6) is 11.5 Å². The maximum atomic E-state index is 13.9. The van der Waals surface area contributed by atoms with Gasteiger partial charge < -0.3 is 23.8 Å². The Bertz CT molecular complexity index is 1550. The highest BCUT2D eigenvalue weighted by molar-refractivity contribution is 5.92. The van der Waals surface area contributed by atoms with Crippen molar-refractivity contribution in [1.29, 1.82) is 0 Å². The number of carbonyl (C=O) groups is 2. The van der Waals surface area contributed by atoms with Gasteiger partial charge in [-0.1, -0.05) is 6.07 Å². The number of imidazole rings is 1. The highest BCUT2D eigenvalue weighted by Crippen LogP contribution is 2.32. The van der Waals surface area contributed by atoms with E-state index in [1.807, 2.05) is 66.2 Å². The molecule has 0 saturated carbocycles. The fourth-order valence-electron chi connectivity index (χ4n) is 5.54. The monoisotopic (exact) mass is 599 g/mol. The molecule has 5 rings (SSSR count). The van der Waals surface area contributed by atoms with Gasteiger partial charge in [0.2, 0.25) is 5.91 Å². The fraction of sp³-hybridized carbons (Fsp3) is 0.424. The number of hydrogen-bond acceptors (Lipinski definition) is 7. The number of ether oxygens (including phenoxy) is 2. The van der Waals surface area contributed by atoms with Crippen LogP contribution in [-0.2, 0) is 24.3 Å². The Labute approximate surface area is 258 Å². The van der Waals surface area contributed by atoms with Gasteiger partial charge in [-0.3, -0.25) is 19.3 Å². The molecule has 0 atom stereocenters. The molecule has 0 spiro atoms. The smallest absolute Gasteiger partial charge is 0.272 e. The van der Waals surface area contributed by atoms with E-state index in [-0.39, 0.29) is 11.8 Å². The summed E-state index contributed by atoms with van der Waals surface area (Å²) in [6, 6.07) is 11.4. The molecule has 3 aromatic heterocycles. The van der Waals surface area contributed by atoms with Gasteiger partial charge in [0, 0.05) is 69.6 Å². The normalized spacial score (nSPS) is 14.8. The molecule has 0 unspecified atom stereocenters. The van der Waals surface area contributed by atoms with Gasteiger partial charge in [0.1, 0.15) is 11.5 Å². The molecule has 4 aromatic rings. The Hall–Kier alpha value is -4.67. The zero-order chi connectivity index (χ0) is 30.9. The van der Waals surface area contributed by atoms with Crippen LogP contribution in [0.4, 0.5) is 0 Å². The van der Waals surface area contributed by atoms with Crippen LogP contribution in [0.1, 0.15) is 47.9 Å². The molecule has 11 heteroatoms. The van der Waals surface area contributed by atoms with Crippen LogP contribution < -0.4 is 9.47 Å². The molecule has 1 aromatic carbocycles. The van der Waals surface area contributed by atoms with Gasteiger partial charge >= 0.3 is 0 Å². The summed E-state index contributed by atoms with van der Waals surface area (Å²) >= 11 is 0. The van der Waals surface area contributed by atoms with Crippen molar-refractivity contribution >= 4 is 11.8 Å². The van der Waals surface area contributed by atoms with Crippen LogP contribution in [0.3, 0.4) is 0 Å². The highest BCUT2D eigenvalue weighted by Gasteiger charge is 2.22. The van der Waals surface area contributed by atoms with Crippen molar-refractivity contribution in [1.82, 2.24) is 34.1 Å². The lowest BCUT2D eigenvalue weighted by atomic mass is 10.1. The number of fused-ring (bicyclic) bond motifs is 4. The summed E-state index contributed by atoms with van der Waals surface area (Å²) in [5.41, 5.74) is 3.18. The van der Waals surface area contributed by atoms with Gasteiger partial charge in [-0.2, -0.15) is 5.10 Å². The number of methoxy groups -OCH3 is 1. The van der Waals surface area contributed by atoms with E-state index in [1.165, 1.54) is 0 Å². The van der Waals surface area contributed by atoms with Gasteiger partial charge in [-0.05, 0) is 69.0 Å². The average molecular weight is 600 g/mol. The molecule has 11 nitrogen and oxygen atoms in total. The van der Waals surface area contributed by atoms with Crippen molar-refractivity contribution in [3.8, 4) is 22.9 Å². The number of benzene rings is 1. The average Bonchev–Trinajstić information content (AvgIpc) is 3.67. The van der Waals surface area contributed by atoms with Crippen molar-refractivity contribution in [2.24, 2.45) is 0 Å². The zero-order valence-electron chi connectivity index (χ0n) is 25.8. The van der Waals surface area contributed by atoms with Crippen molar-refractivity contribution in [2.75, 3.05) is 39.9 Å². The molecule has 1 aliphatic heterocycles. The molecule has 2 amide bonds. The number of aromatic nitrogens is 5. The second-order valence-electron chi connectivity index (χ2n) is 10.9. The van der Waals surface area contributed by atoms with E-state index < -0.39 is 0 Å². The summed E-state index contributed by atoms with van der Waals surface area (Å²) in [5, 5.41) is 4.50. The molecule has 0 saturated heterocycles. The molecular weight excluding hydrogens is 558 g/mol. The molecule has 0 fully saturated rings. The number of amides is 2. The Kier molecular flexibility index (Phi) is 10.3. The molecule has 0 radical (unpaired) electrons. The number of pyridine rings is 1. The van der Waals surface area contributed by atoms with E-state index in [0.29, 0.717) is 75.9 Å². The molecule has 4 heterocycles. The van der Waals surface area contributed by atoms with Gasteiger partial charge in [-0.15, -0.1) is 0 Å². The summed E-state index contributed by atoms with van der Waals surface area (Å²) in [4.78, 5) is 39.8. The first kappa shape index (κ1) is 30.8. The fourth-order valence-corrected chi connectivity index (χ4v) is 5.54. The minimum Gasteiger partial charge on any atom is -0.493 e. The third-order valence-electron chi connectivity index (χ3n) is 7.82. The Morgan fingerprint density at radius 1 is 0.977 bits per heavy atom. The quantitative estimate of drug-likeness (QED) is 0.338. The topological polar surface area (TPSA) is 108 Å². The van der Waals surface area contributed by atoms with E-state index in [1.54, 1.807) is 30.4 Å². The second-order valence-corrected chi connectivity index (χ2v) is 10.9. The third kappa shape index (κ3) is 7.45. The van der Waals surface area contributed by atoms with Crippen LogP contribution in [-0.4, -0.2) is 85.8 Å². The maximum Gasteiger partial charge on any atom is 0.272 e. The van der Waals surface area contributed by atoms with E-state index >= 15 is 0 Å². The first-order valence-corrected chi connectivity index (χ1v) is 15.3. The lowest BCUT2D eigenvalue weighted by Gasteiger charge is -2.25. The summed E-state index contributed by atoms with van der Waals surface area (Å²) in [7, 11) is 1.62. The Balaban J connectivity index is 1.41. The van der Waals surface area contributed by atoms with Crippen LogP contribution >= 0.6 is 0 Å². The third-order valence-corrected chi connectivity index (χ3v) is 7.82.